The van der Waals surface area contributed by atoms with Gasteiger partial charge >= 0.3 is 0 Å². The Balaban J connectivity index is 2.56. The van der Waals surface area contributed by atoms with Crippen molar-refractivity contribution in [3.63, 3.8) is 0 Å². The van der Waals surface area contributed by atoms with Crippen molar-refractivity contribution in [2.24, 2.45) is 0 Å². The van der Waals surface area contributed by atoms with Crippen LogP contribution in [0.25, 0.3) is 0 Å². The third-order valence-corrected chi connectivity index (χ3v) is 2.86. The van der Waals surface area contributed by atoms with E-state index in [1.807, 2.05) is 7.05 Å². The average molecular weight is 221 g/mol. The molecule has 16 heavy (non-hydrogen) atoms. The molecule has 1 atom stereocenters. The fourth-order valence-corrected chi connectivity index (χ4v) is 1.55. The first-order valence-corrected chi connectivity index (χ1v) is 6.11. The Bertz CT molecular complexity index is 299. The number of ether oxygens (including phenoxy) is 1. The zero-order chi connectivity index (χ0) is 11.8. The first-order chi connectivity index (χ1) is 7.77. The summed E-state index contributed by atoms with van der Waals surface area (Å²) < 4.78 is 5.78. The summed E-state index contributed by atoms with van der Waals surface area (Å²) in [5.74, 6) is 0. The molecule has 2 nitrogen and oxygen atoms in total. The summed E-state index contributed by atoms with van der Waals surface area (Å²) in [4.78, 5) is 0. The van der Waals surface area contributed by atoms with Crippen molar-refractivity contribution in [3.05, 3.63) is 35.4 Å². The summed E-state index contributed by atoms with van der Waals surface area (Å²) >= 11 is 0. The van der Waals surface area contributed by atoms with E-state index < -0.39 is 0 Å². The van der Waals surface area contributed by atoms with Crippen LogP contribution in [-0.2, 0) is 17.8 Å². The Morgan fingerprint density at radius 3 is 2.56 bits per heavy atom. The molecule has 0 saturated carbocycles. The van der Waals surface area contributed by atoms with E-state index in [4.69, 9.17) is 4.74 Å². The molecule has 0 fully saturated rings. The number of hydrogen-bond donors (Lipinski definition) is 1. The van der Waals surface area contributed by atoms with Gasteiger partial charge in [0.2, 0.25) is 0 Å². The van der Waals surface area contributed by atoms with Gasteiger partial charge in [-0.2, -0.15) is 0 Å². The van der Waals surface area contributed by atoms with Crippen LogP contribution in [0, 0.1) is 0 Å². The van der Waals surface area contributed by atoms with Crippen molar-refractivity contribution in [3.8, 4) is 0 Å². The number of benzene rings is 1. The van der Waals surface area contributed by atoms with Crippen LogP contribution in [0.3, 0.4) is 0 Å². The largest absolute Gasteiger partial charge is 0.374 e. The fraction of sp³-hybridized carbons (Fsp3) is 0.571. The minimum absolute atomic E-state index is 0.345. The summed E-state index contributed by atoms with van der Waals surface area (Å²) in [6, 6.07) is 8.52. The van der Waals surface area contributed by atoms with Crippen molar-refractivity contribution in [1.29, 1.82) is 0 Å². The van der Waals surface area contributed by atoms with Gasteiger partial charge in [-0.15, -0.1) is 0 Å². The molecule has 0 amide bonds. The van der Waals surface area contributed by atoms with E-state index in [0.717, 1.165) is 26.0 Å². The highest BCUT2D eigenvalue weighted by atomic mass is 16.5. The zero-order valence-electron chi connectivity index (χ0n) is 10.6. The van der Waals surface area contributed by atoms with Gasteiger partial charge in [0.25, 0.3) is 0 Å². The van der Waals surface area contributed by atoms with Crippen molar-refractivity contribution >= 4 is 0 Å². The summed E-state index contributed by atoms with van der Waals surface area (Å²) in [6.07, 6.45) is 2.48. The monoisotopic (exact) mass is 221 g/mol. The van der Waals surface area contributed by atoms with Gasteiger partial charge in [-0.3, -0.25) is 0 Å². The fourth-order valence-electron chi connectivity index (χ4n) is 1.55. The van der Waals surface area contributed by atoms with Gasteiger partial charge in [-0.1, -0.05) is 31.2 Å². The van der Waals surface area contributed by atoms with Crippen LogP contribution in [0.15, 0.2) is 24.3 Å². The van der Waals surface area contributed by atoms with Crippen LogP contribution in [-0.4, -0.2) is 19.7 Å². The third-order valence-electron chi connectivity index (χ3n) is 2.86. The van der Waals surface area contributed by atoms with E-state index in [-0.39, 0.29) is 0 Å². The second-order valence-corrected chi connectivity index (χ2v) is 4.15. The van der Waals surface area contributed by atoms with Gasteiger partial charge in [0.15, 0.2) is 0 Å². The van der Waals surface area contributed by atoms with Gasteiger partial charge in [0, 0.05) is 0 Å². The van der Waals surface area contributed by atoms with Gasteiger partial charge < -0.3 is 10.1 Å². The van der Waals surface area contributed by atoms with Crippen LogP contribution in [0.2, 0.25) is 0 Å². The molecule has 0 radical (unpaired) electrons. The van der Waals surface area contributed by atoms with Gasteiger partial charge in [-0.25, -0.2) is 0 Å². The normalized spacial score (nSPS) is 12.7. The molecule has 1 N–H and O–H groups in total. The maximum atomic E-state index is 5.78. The molecule has 0 aromatic heterocycles. The van der Waals surface area contributed by atoms with Gasteiger partial charge in [-0.05, 0) is 44.5 Å². The molecular weight excluding hydrogens is 198 g/mol. The van der Waals surface area contributed by atoms with Gasteiger partial charge in [0.1, 0.15) is 0 Å². The van der Waals surface area contributed by atoms with Crippen molar-refractivity contribution in [2.45, 2.75) is 39.4 Å². The lowest BCUT2D eigenvalue weighted by atomic mass is 10.1. The quantitative estimate of drug-likeness (QED) is 0.764. The van der Waals surface area contributed by atoms with Crippen LogP contribution in [0.5, 0.6) is 0 Å². The van der Waals surface area contributed by atoms with Crippen LogP contribution in [0.4, 0.5) is 0 Å². The molecule has 1 aromatic carbocycles. The summed E-state index contributed by atoms with van der Waals surface area (Å²) in [5.41, 5.74) is 2.71. The highest BCUT2D eigenvalue weighted by molar-refractivity contribution is 5.26. The first-order valence-electron chi connectivity index (χ1n) is 6.11. The molecule has 0 aliphatic carbocycles. The van der Waals surface area contributed by atoms with E-state index in [1.165, 1.54) is 11.1 Å². The van der Waals surface area contributed by atoms with Crippen LogP contribution < -0.4 is 5.32 Å². The molecule has 0 saturated heterocycles. The summed E-state index contributed by atoms with van der Waals surface area (Å²) in [5, 5.41) is 3.18. The van der Waals surface area contributed by atoms with E-state index in [0.29, 0.717) is 6.10 Å². The molecule has 0 aliphatic rings. The number of hydrogen-bond acceptors (Lipinski definition) is 2. The number of rotatable bonds is 7. The smallest absolute Gasteiger partial charge is 0.0723 e. The lowest BCUT2D eigenvalue weighted by molar-refractivity contribution is 0.0504. The highest BCUT2D eigenvalue weighted by Crippen LogP contribution is 2.12. The highest BCUT2D eigenvalue weighted by Gasteiger charge is 2.03. The molecule has 0 aliphatic heterocycles. The lowest BCUT2D eigenvalue weighted by Crippen LogP contribution is -2.12. The Morgan fingerprint density at radius 2 is 1.94 bits per heavy atom. The summed E-state index contributed by atoms with van der Waals surface area (Å²) in [6.45, 7) is 6.02. The minimum atomic E-state index is 0.345. The predicted octanol–water partition coefficient (Wildman–Crippen LogP) is 2.76. The van der Waals surface area contributed by atoms with Crippen molar-refractivity contribution in [2.75, 3.05) is 13.6 Å². The topological polar surface area (TPSA) is 21.3 Å². The van der Waals surface area contributed by atoms with E-state index in [9.17, 15) is 0 Å². The van der Waals surface area contributed by atoms with E-state index in [1.54, 1.807) is 0 Å². The minimum Gasteiger partial charge on any atom is -0.374 e. The molecule has 0 bridgehead atoms. The summed E-state index contributed by atoms with van der Waals surface area (Å²) in [7, 11) is 1.98. The SMILES string of the molecule is CCC(C)OCc1ccccc1CCNC. The lowest BCUT2D eigenvalue weighted by Gasteiger charge is -2.13. The number of nitrogens with one attached hydrogen (secondary N) is 1. The maximum absolute atomic E-state index is 5.78. The first kappa shape index (κ1) is 13.2. The Labute approximate surface area is 99.0 Å². The molecular formula is C14H23NO. The van der Waals surface area contributed by atoms with Crippen molar-refractivity contribution in [1.82, 2.24) is 5.32 Å². The van der Waals surface area contributed by atoms with Gasteiger partial charge in [0.05, 0.1) is 12.7 Å². The predicted molar refractivity (Wildman–Crippen MR) is 68.6 cm³/mol. The molecule has 2 heteroatoms. The molecule has 0 heterocycles. The average Bonchev–Trinajstić information content (AvgIpc) is 2.34. The zero-order valence-corrected chi connectivity index (χ0v) is 10.6. The molecule has 90 valence electrons. The van der Waals surface area contributed by atoms with E-state index >= 15 is 0 Å². The molecule has 1 rings (SSSR count). The maximum Gasteiger partial charge on any atom is 0.0723 e. The second-order valence-electron chi connectivity index (χ2n) is 4.15. The second kappa shape index (κ2) is 7.42. The number of likely N-dealkylation sites (N-methyl/N-ethyl adjacent to an activating group) is 1. The van der Waals surface area contributed by atoms with Crippen LogP contribution >= 0.6 is 0 Å². The third kappa shape index (κ3) is 4.33. The Hall–Kier alpha value is -0.860. The Kier molecular flexibility index (Phi) is 6.12. The molecule has 1 aromatic rings. The van der Waals surface area contributed by atoms with Crippen LogP contribution in [0.1, 0.15) is 31.4 Å². The molecule has 0 spiro atoms. The molecule has 1 unspecified atom stereocenters. The van der Waals surface area contributed by atoms with E-state index in [2.05, 4.69) is 43.4 Å². The Morgan fingerprint density at radius 1 is 1.25 bits per heavy atom. The van der Waals surface area contributed by atoms with Crippen molar-refractivity contribution < 1.29 is 4.74 Å². The standard InChI is InChI=1S/C14H23NO/c1-4-12(2)16-11-14-8-6-5-7-13(14)9-10-15-3/h5-8,12,15H,4,9-11H2,1-3H3.